The third kappa shape index (κ3) is 5.41. The van der Waals surface area contributed by atoms with Crippen molar-refractivity contribution in [2.24, 2.45) is 0 Å². The van der Waals surface area contributed by atoms with Crippen molar-refractivity contribution in [2.75, 3.05) is 13.7 Å². The van der Waals surface area contributed by atoms with Crippen molar-refractivity contribution in [2.45, 2.75) is 32.6 Å². The van der Waals surface area contributed by atoms with Crippen LogP contribution in [0.15, 0.2) is 36.4 Å². The third-order valence-corrected chi connectivity index (χ3v) is 3.58. The monoisotopic (exact) mass is 351 g/mol. The Balaban J connectivity index is 1.94. The Labute approximate surface area is 146 Å². The van der Waals surface area contributed by atoms with Gasteiger partial charge in [0.1, 0.15) is 11.6 Å². The summed E-state index contributed by atoms with van der Waals surface area (Å²) in [7, 11) is 1.57. The number of aliphatic hydroxyl groups is 1. The van der Waals surface area contributed by atoms with Gasteiger partial charge in [-0.1, -0.05) is 12.1 Å². The zero-order chi connectivity index (χ0) is 18.4. The second-order valence-corrected chi connectivity index (χ2v) is 5.96. The Bertz CT molecular complexity index is 707. The lowest BCUT2D eigenvalue weighted by atomic mass is 10.1. The number of rotatable bonds is 8. The van der Waals surface area contributed by atoms with Crippen molar-refractivity contribution in [3.63, 3.8) is 0 Å². The van der Waals surface area contributed by atoms with Crippen molar-refractivity contribution < 1.29 is 23.4 Å². The average Bonchev–Trinajstić information content (AvgIpc) is 2.55. The van der Waals surface area contributed by atoms with E-state index >= 15 is 0 Å². The molecular formula is C19H23F2NO3. The lowest BCUT2D eigenvalue weighted by molar-refractivity contribution is 0.169. The minimum Gasteiger partial charge on any atom is -0.493 e. The molecule has 2 rings (SSSR count). The molecule has 0 radical (unpaired) electrons. The Morgan fingerprint density at radius 2 is 1.84 bits per heavy atom. The van der Waals surface area contributed by atoms with E-state index in [1.54, 1.807) is 7.11 Å². The average molecular weight is 351 g/mol. The molecule has 0 aliphatic heterocycles. The van der Waals surface area contributed by atoms with E-state index in [-0.39, 0.29) is 18.2 Å². The van der Waals surface area contributed by atoms with Gasteiger partial charge in [0, 0.05) is 24.7 Å². The zero-order valence-corrected chi connectivity index (χ0v) is 14.6. The molecule has 0 amide bonds. The molecule has 2 N–H and O–H groups in total. The molecule has 0 bridgehead atoms. The lowest BCUT2D eigenvalue weighted by Gasteiger charge is -2.16. The van der Waals surface area contributed by atoms with Gasteiger partial charge in [0.05, 0.1) is 19.3 Å². The van der Waals surface area contributed by atoms with E-state index in [2.05, 4.69) is 5.32 Å². The molecule has 6 heteroatoms. The molecule has 0 heterocycles. The van der Waals surface area contributed by atoms with Gasteiger partial charge in [-0.25, -0.2) is 8.78 Å². The first-order valence-corrected chi connectivity index (χ1v) is 8.08. The molecule has 0 aromatic heterocycles. The normalized spacial score (nSPS) is 12.3. The smallest absolute Gasteiger partial charge is 0.161 e. The zero-order valence-electron chi connectivity index (χ0n) is 14.6. The Hall–Kier alpha value is -2.18. The van der Waals surface area contributed by atoms with Gasteiger partial charge in [-0.3, -0.25) is 0 Å². The van der Waals surface area contributed by atoms with Crippen molar-refractivity contribution in [1.29, 1.82) is 0 Å². The van der Waals surface area contributed by atoms with Gasteiger partial charge < -0.3 is 19.9 Å². The van der Waals surface area contributed by atoms with Crippen molar-refractivity contribution in [3.8, 4) is 11.5 Å². The molecular weight excluding hydrogens is 328 g/mol. The first-order chi connectivity index (χ1) is 11.9. The summed E-state index contributed by atoms with van der Waals surface area (Å²) in [6.07, 6.45) is -1.02. The van der Waals surface area contributed by atoms with Crippen LogP contribution in [0.4, 0.5) is 8.78 Å². The lowest BCUT2D eigenvalue weighted by Crippen LogP contribution is -2.21. The number of methoxy groups -OCH3 is 1. The van der Waals surface area contributed by atoms with Crippen LogP contribution in [-0.4, -0.2) is 24.9 Å². The van der Waals surface area contributed by atoms with Crippen molar-refractivity contribution in [1.82, 2.24) is 5.32 Å². The Morgan fingerprint density at radius 3 is 2.48 bits per heavy atom. The third-order valence-electron chi connectivity index (χ3n) is 3.58. The number of hydrogen-bond donors (Lipinski definition) is 2. The van der Waals surface area contributed by atoms with Crippen LogP contribution in [0.25, 0.3) is 0 Å². The molecule has 0 saturated heterocycles. The summed E-state index contributed by atoms with van der Waals surface area (Å²) in [6.45, 7) is 4.46. The fourth-order valence-corrected chi connectivity index (χ4v) is 2.41. The molecule has 0 aliphatic rings. The van der Waals surface area contributed by atoms with E-state index < -0.39 is 17.7 Å². The standard InChI is InChI=1S/C19H23F2NO3/c1-12(2)25-18-7-4-13(8-19(18)24-3)10-22-11-17(23)15-6-5-14(20)9-16(15)21/h4-9,12,17,22-23H,10-11H2,1-3H3. The summed E-state index contributed by atoms with van der Waals surface area (Å²) in [5, 5.41) is 13.1. The number of benzene rings is 2. The molecule has 25 heavy (non-hydrogen) atoms. The van der Waals surface area contributed by atoms with Crippen LogP contribution in [-0.2, 0) is 6.54 Å². The highest BCUT2D eigenvalue weighted by molar-refractivity contribution is 5.43. The molecule has 2 aromatic rings. The van der Waals surface area contributed by atoms with Gasteiger partial charge in [0.25, 0.3) is 0 Å². The highest BCUT2D eigenvalue weighted by atomic mass is 19.1. The fraction of sp³-hybridized carbons (Fsp3) is 0.368. The molecule has 1 atom stereocenters. The van der Waals surface area contributed by atoms with E-state index in [9.17, 15) is 13.9 Å². The number of aliphatic hydroxyl groups excluding tert-OH is 1. The van der Waals surface area contributed by atoms with Crippen LogP contribution >= 0.6 is 0 Å². The van der Waals surface area contributed by atoms with E-state index in [0.29, 0.717) is 18.0 Å². The van der Waals surface area contributed by atoms with E-state index in [1.807, 2.05) is 32.0 Å². The molecule has 0 aliphatic carbocycles. The maximum atomic E-state index is 13.6. The molecule has 136 valence electrons. The van der Waals surface area contributed by atoms with Crippen LogP contribution in [0.3, 0.4) is 0 Å². The molecule has 4 nitrogen and oxygen atoms in total. The van der Waals surface area contributed by atoms with E-state index in [4.69, 9.17) is 9.47 Å². The summed E-state index contributed by atoms with van der Waals surface area (Å²) in [6, 6.07) is 8.69. The van der Waals surface area contributed by atoms with E-state index in [1.165, 1.54) is 6.07 Å². The van der Waals surface area contributed by atoms with Crippen molar-refractivity contribution in [3.05, 3.63) is 59.2 Å². The second-order valence-electron chi connectivity index (χ2n) is 5.96. The van der Waals surface area contributed by atoms with E-state index in [0.717, 1.165) is 17.7 Å². The van der Waals surface area contributed by atoms with Crippen LogP contribution in [0, 0.1) is 11.6 Å². The number of nitrogens with one attached hydrogen (secondary N) is 1. The topological polar surface area (TPSA) is 50.7 Å². The first kappa shape index (κ1) is 19.1. The maximum absolute atomic E-state index is 13.6. The van der Waals surface area contributed by atoms with Gasteiger partial charge in [-0.2, -0.15) is 0 Å². The predicted molar refractivity (Wildman–Crippen MR) is 91.8 cm³/mol. The largest absolute Gasteiger partial charge is 0.493 e. The second kappa shape index (κ2) is 8.78. The fourth-order valence-electron chi connectivity index (χ4n) is 2.41. The number of hydrogen-bond acceptors (Lipinski definition) is 4. The molecule has 0 spiro atoms. The summed E-state index contributed by atoms with van der Waals surface area (Å²) < 4.78 is 37.5. The molecule has 1 unspecified atom stereocenters. The van der Waals surface area contributed by atoms with Crippen molar-refractivity contribution >= 4 is 0 Å². The van der Waals surface area contributed by atoms with Gasteiger partial charge in [-0.05, 0) is 37.6 Å². The molecule has 0 fully saturated rings. The van der Waals surface area contributed by atoms with Crippen LogP contribution in [0.2, 0.25) is 0 Å². The first-order valence-electron chi connectivity index (χ1n) is 8.08. The number of halogens is 2. The Morgan fingerprint density at radius 1 is 1.08 bits per heavy atom. The molecule has 0 saturated carbocycles. The SMILES string of the molecule is COc1cc(CNCC(O)c2ccc(F)cc2F)ccc1OC(C)C. The summed E-state index contributed by atoms with van der Waals surface area (Å²) in [5.74, 6) is -0.142. The highest BCUT2D eigenvalue weighted by Crippen LogP contribution is 2.29. The minimum atomic E-state index is -1.06. The predicted octanol–water partition coefficient (Wildman–Crippen LogP) is 3.58. The minimum absolute atomic E-state index is 0.0404. The maximum Gasteiger partial charge on any atom is 0.161 e. The van der Waals surface area contributed by atoms with Gasteiger partial charge in [-0.15, -0.1) is 0 Å². The van der Waals surface area contributed by atoms with Crippen LogP contribution < -0.4 is 14.8 Å². The highest BCUT2D eigenvalue weighted by Gasteiger charge is 2.13. The Kier molecular flexibility index (Phi) is 6.73. The van der Waals surface area contributed by atoms with Gasteiger partial charge in [0.15, 0.2) is 11.5 Å². The van der Waals surface area contributed by atoms with Gasteiger partial charge in [0.2, 0.25) is 0 Å². The van der Waals surface area contributed by atoms with Crippen LogP contribution in [0.5, 0.6) is 11.5 Å². The molecule has 2 aromatic carbocycles. The number of ether oxygens (including phenoxy) is 2. The van der Waals surface area contributed by atoms with Gasteiger partial charge >= 0.3 is 0 Å². The summed E-state index contributed by atoms with van der Waals surface area (Å²) >= 11 is 0. The van der Waals surface area contributed by atoms with Crippen LogP contribution in [0.1, 0.15) is 31.1 Å². The summed E-state index contributed by atoms with van der Waals surface area (Å²) in [5.41, 5.74) is 0.992. The quantitative estimate of drug-likeness (QED) is 0.763. The summed E-state index contributed by atoms with van der Waals surface area (Å²) in [4.78, 5) is 0.